The van der Waals surface area contributed by atoms with Crippen LogP contribution in [0.2, 0.25) is 0 Å². The van der Waals surface area contributed by atoms with Crippen molar-refractivity contribution in [1.82, 2.24) is 4.98 Å². The van der Waals surface area contributed by atoms with Gasteiger partial charge < -0.3 is 10.5 Å². The topological polar surface area (TPSA) is 155 Å². The van der Waals surface area contributed by atoms with E-state index in [1.165, 1.54) is 19.2 Å². The standard InChI is InChI=1S/C11H10N4O6S2/c1-21-8-3-2-6(4-7(8)10(12)16)23(19,20)14-11-13-5-9(22-11)15(17)18/h2-5H,1H3,(H2,12,16)(H,13,14). The van der Waals surface area contributed by atoms with Crippen LogP contribution in [0.15, 0.2) is 29.3 Å². The molecule has 2 aromatic rings. The molecule has 0 aliphatic heterocycles. The molecule has 0 bridgehead atoms. The number of carbonyl (C=O) groups excluding carboxylic acids is 1. The minimum Gasteiger partial charge on any atom is -0.496 e. The van der Waals surface area contributed by atoms with Gasteiger partial charge in [0.2, 0.25) is 5.13 Å². The predicted octanol–water partition coefficient (Wildman–Crippen LogP) is 0.960. The van der Waals surface area contributed by atoms with E-state index in [4.69, 9.17) is 10.5 Å². The van der Waals surface area contributed by atoms with Gasteiger partial charge in [-0.25, -0.2) is 13.4 Å². The first-order chi connectivity index (χ1) is 10.7. The average molecular weight is 358 g/mol. The number of primary amides is 1. The Labute approximate surface area is 134 Å². The van der Waals surface area contributed by atoms with Crippen molar-refractivity contribution in [2.24, 2.45) is 5.73 Å². The number of anilines is 1. The summed E-state index contributed by atoms with van der Waals surface area (Å²) in [5, 5.41) is 10.1. The predicted molar refractivity (Wildman–Crippen MR) is 81.1 cm³/mol. The number of methoxy groups -OCH3 is 1. The van der Waals surface area contributed by atoms with E-state index in [9.17, 15) is 23.3 Å². The molecule has 0 spiro atoms. The van der Waals surface area contributed by atoms with Gasteiger partial charge in [-0.15, -0.1) is 0 Å². The van der Waals surface area contributed by atoms with Crippen molar-refractivity contribution in [3.8, 4) is 5.75 Å². The summed E-state index contributed by atoms with van der Waals surface area (Å²) in [4.78, 5) is 24.6. The fraction of sp³-hybridized carbons (Fsp3) is 0.0909. The van der Waals surface area contributed by atoms with Gasteiger partial charge in [0.1, 0.15) is 11.9 Å². The Morgan fingerprint density at radius 1 is 1.48 bits per heavy atom. The minimum atomic E-state index is -4.09. The number of hydrogen-bond acceptors (Lipinski definition) is 8. The Kier molecular flexibility index (Phi) is 4.47. The second-order valence-electron chi connectivity index (χ2n) is 4.09. The maximum absolute atomic E-state index is 12.2. The zero-order valence-electron chi connectivity index (χ0n) is 11.5. The zero-order chi connectivity index (χ0) is 17.2. The van der Waals surface area contributed by atoms with E-state index >= 15 is 0 Å². The quantitative estimate of drug-likeness (QED) is 0.575. The number of hydrogen-bond donors (Lipinski definition) is 2. The molecule has 0 saturated carbocycles. The van der Waals surface area contributed by atoms with Crippen LogP contribution in [0.25, 0.3) is 0 Å². The molecule has 1 heterocycles. The number of thiazole rings is 1. The fourth-order valence-corrected chi connectivity index (χ4v) is 3.52. The van der Waals surface area contributed by atoms with Crippen LogP contribution in [0.1, 0.15) is 10.4 Å². The molecular formula is C11H10N4O6S2. The monoisotopic (exact) mass is 358 g/mol. The van der Waals surface area contributed by atoms with Crippen LogP contribution >= 0.6 is 11.3 Å². The van der Waals surface area contributed by atoms with E-state index in [-0.39, 0.29) is 26.3 Å². The summed E-state index contributed by atoms with van der Waals surface area (Å²) in [6.45, 7) is 0. The lowest BCUT2D eigenvalue weighted by molar-refractivity contribution is -0.380. The third kappa shape index (κ3) is 3.54. The first-order valence-electron chi connectivity index (χ1n) is 5.85. The number of sulfonamides is 1. The SMILES string of the molecule is COc1ccc(S(=O)(=O)Nc2ncc([N+](=O)[O-])s2)cc1C(N)=O. The molecule has 3 N–H and O–H groups in total. The molecule has 1 amide bonds. The molecule has 0 aliphatic carbocycles. The van der Waals surface area contributed by atoms with Crippen LogP contribution in [0, 0.1) is 10.1 Å². The van der Waals surface area contributed by atoms with Crippen molar-refractivity contribution >= 4 is 37.4 Å². The molecule has 0 radical (unpaired) electrons. The molecule has 0 saturated heterocycles. The molecule has 1 aromatic heterocycles. The number of benzene rings is 1. The largest absolute Gasteiger partial charge is 0.496 e. The molecule has 0 aliphatic rings. The highest BCUT2D eigenvalue weighted by Gasteiger charge is 2.21. The number of amides is 1. The minimum absolute atomic E-state index is 0.111. The molecule has 122 valence electrons. The van der Waals surface area contributed by atoms with Gasteiger partial charge in [0.25, 0.3) is 15.9 Å². The van der Waals surface area contributed by atoms with E-state index in [1.54, 1.807) is 0 Å². The Morgan fingerprint density at radius 3 is 2.70 bits per heavy atom. The third-order valence-electron chi connectivity index (χ3n) is 2.64. The lowest BCUT2D eigenvalue weighted by Gasteiger charge is -2.09. The number of rotatable bonds is 6. The van der Waals surface area contributed by atoms with Crippen LogP contribution in [-0.4, -0.2) is 31.3 Å². The molecule has 1 aromatic carbocycles. The number of nitrogens with zero attached hydrogens (tertiary/aromatic N) is 2. The smallest absolute Gasteiger partial charge is 0.345 e. The molecule has 2 rings (SSSR count). The van der Waals surface area contributed by atoms with Crippen LogP contribution in [0.3, 0.4) is 0 Å². The number of carbonyl (C=O) groups is 1. The highest BCUT2D eigenvalue weighted by molar-refractivity contribution is 7.93. The fourth-order valence-electron chi connectivity index (χ4n) is 1.62. The number of nitrogens with one attached hydrogen (secondary N) is 1. The number of nitrogens with two attached hydrogens (primary N) is 1. The first kappa shape index (κ1) is 16.6. The molecule has 10 nitrogen and oxygen atoms in total. The van der Waals surface area contributed by atoms with Gasteiger partial charge in [-0.2, -0.15) is 0 Å². The lowest BCUT2D eigenvalue weighted by Crippen LogP contribution is -2.16. The summed E-state index contributed by atoms with van der Waals surface area (Å²) in [5.41, 5.74) is 5.06. The second kappa shape index (κ2) is 6.18. The highest BCUT2D eigenvalue weighted by atomic mass is 32.2. The maximum atomic E-state index is 12.2. The Hall–Kier alpha value is -2.73. The number of aromatic nitrogens is 1. The summed E-state index contributed by atoms with van der Waals surface area (Å²) < 4.78 is 31.5. The summed E-state index contributed by atoms with van der Waals surface area (Å²) in [5.74, 6) is -0.731. The van der Waals surface area contributed by atoms with Crippen LogP contribution in [-0.2, 0) is 10.0 Å². The first-order valence-corrected chi connectivity index (χ1v) is 8.15. The molecule has 23 heavy (non-hydrogen) atoms. The zero-order valence-corrected chi connectivity index (χ0v) is 13.2. The van der Waals surface area contributed by atoms with Crippen molar-refractivity contribution in [1.29, 1.82) is 0 Å². The van der Waals surface area contributed by atoms with Crippen molar-refractivity contribution in [2.75, 3.05) is 11.8 Å². The van der Waals surface area contributed by atoms with Gasteiger partial charge in [0, 0.05) is 0 Å². The van der Waals surface area contributed by atoms with Crippen molar-refractivity contribution in [2.45, 2.75) is 4.90 Å². The van der Waals surface area contributed by atoms with E-state index < -0.39 is 20.9 Å². The maximum Gasteiger partial charge on any atom is 0.345 e. The Morgan fingerprint density at radius 2 is 2.17 bits per heavy atom. The molecule has 0 unspecified atom stereocenters. The van der Waals surface area contributed by atoms with E-state index in [0.29, 0.717) is 11.3 Å². The molecule has 12 heteroatoms. The van der Waals surface area contributed by atoms with Crippen LogP contribution in [0.5, 0.6) is 5.75 Å². The third-order valence-corrected chi connectivity index (χ3v) is 4.97. The summed E-state index contributed by atoms with van der Waals surface area (Å²) in [6.07, 6.45) is 0.936. The lowest BCUT2D eigenvalue weighted by atomic mass is 10.2. The molecule has 0 atom stereocenters. The van der Waals surface area contributed by atoms with E-state index in [1.807, 2.05) is 0 Å². The van der Waals surface area contributed by atoms with Gasteiger partial charge >= 0.3 is 5.00 Å². The second-order valence-corrected chi connectivity index (χ2v) is 6.78. The normalized spacial score (nSPS) is 11.0. The van der Waals surface area contributed by atoms with Gasteiger partial charge in [-0.05, 0) is 29.5 Å². The molecule has 0 fully saturated rings. The van der Waals surface area contributed by atoms with E-state index in [0.717, 1.165) is 12.3 Å². The van der Waals surface area contributed by atoms with Gasteiger partial charge in [-0.3, -0.25) is 19.6 Å². The summed E-state index contributed by atoms with van der Waals surface area (Å²) >= 11 is 0.564. The number of nitro groups is 1. The number of ether oxygens (including phenoxy) is 1. The summed E-state index contributed by atoms with van der Waals surface area (Å²) in [6, 6.07) is 3.53. The van der Waals surface area contributed by atoms with Crippen molar-refractivity contribution in [3.05, 3.63) is 40.1 Å². The highest BCUT2D eigenvalue weighted by Crippen LogP contribution is 2.28. The van der Waals surface area contributed by atoms with Crippen LogP contribution in [0.4, 0.5) is 10.1 Å². The van der Waals surface area contributed by atoms with Gasteiger partial charge in [-0.1, -0.05) is 0 Å². The Bertz CT molecular complexity index is 876. The van der Waals surface area contributed by atoms with Crippen molar-refractivity contribution < 1.29 is 22.9 Å². The van der Waals surface area contributed by atoms with Crippen LogP contribution < -0.4 is 15.2 Å². The van der Waals surface area contributed by atoms with Crippen molar-refractivity contribution in [3.63, 3.8) is 0 Å². The van der Waals surface area contributed by atoms with E-state index in [2.05, 4.69) is 9.71 Å². The van der Waals surface area contributed by atoms with Gasteiger partial charge in [0.15, 0.2) is 0 Å². The molecular weight excluding hydrogens is 348 g/mol. The van der Waals surface area contributed by atoms with Gasteiger partial charge in [0.05, 0.1) is 22.5 Å². The summed E-state index contributed by atoms with van der Waals surface area (Å²) in [7, 11) is -2.79. The average Bonchev–Trinajstić information content (AvgIpc) is 2.94. The Balaban J connectivity index is 2.37.